The molecule has 24 heavy (non-hydrogen) atoms. The van der Waals surface area contributed by atoms with E-state index in [2.05, 4.69) is 15.9 Å². The van der Waals surface area contributed by atoms with Gasteiger partial charge in [-0.2, -0.15) is 5.26 Å². The van der Waals surface area contributed by atoms with E-state index in [4.69, 9.17) is 5.26 Å². The van der Waals surface area contributed by atoms with Gasteiger partial charge in [-0.15, -0.1) is 0 Å². The molecule has 1 saturated heterocycles. The third kappa shape index (κ3) is 3.85. The minimum atomic E-state index is -0.544. The third-order valence-electron chi connectivity index (χ3n) is 4.44. The van der Waals surface area contributed by atoms with Gasteiger partial charge in [0, 0.05) is 38.4 Å². The van der Waals surface area contributed by atoms with Crippen LogP contribution in [0.1, 0.15) is 17.2 Å². The van der Waals surface area contributed by atoms with Crippen molar-refractivity contribution < 1.29 is 10.2 Å². The van der Waals surface area contributed by atoms with Crippen LogP contribution in [0.5, 0.6) is 5.75 Å². The van der Waals surface area contributed by atoms with Crippen LogP contribution in [0.15, 0.2) is 48.5 Å². The summed E-state index contributed by atoms with van der Waals surface area (Å²) in [7, 11) is 0. The number of rotatable bonds is 4. The number of hydrogen-bond donors (Lipinski definition) is 2. The van der Waals surface area contributed by atoms with Gasteiger partial charge in [0.05, 0.1) is 17.7 Å². The van der Waals surface area contributed by atoms with Crippen molar-refractivity contribution in [3.63, 3.8) is 0 Å². The van der Waals surface area contributed by atoms with E-state index in [1.165, 1.54) is 0 Å². The van der Waals surface area contributed by atoms with E-state index >= 15 is 0 Å². The maximum atomic E-state index is 10.4. The summed E-state index contributed by atoms with van der Waals surface area (Å²) in [6.07, 6.45) is -0.544. The van der Waals surface area contributed by atoms with Gasteiger partial charge in [-0.05, 0) is 42.0 Å². The highest BCUT2D eigenvalue weighted by Crippen LogP contribution is 2.21. The molecule has 0 bridgehead atoms. The molecule has 1 atom stereocenters. The highest BCUT2D eigenvalue weighted by atomic mass is 16.3. The van der Waals surface area contributed by atoms with E-state index in [0.29, 0.717) is 12.1 Å². The van der Waals surface area contributed by atoms with Crippen LogP contribution in [0, 0.1) is 11.3 Å². The Hall–Kier alpha value is -2.55. The van der Waals surface area contributed by atoms with Crippen molar-refractivity contribution in [2.75, 3.05) is 37.6 Å². The minimum Gasteiger partial charge on any atom is -0.508 e. The zero-order chi connectivity index (χ0) is 16.9. The summed E-state index contributed by atoms with van der Waals surface area (Å²) in [4.78, 5) is 4.53. The summed E-state index contributed by atoms with van der Waals surface area (Å²) >= 11 is 0. The van der Waals surface area contributed by atoms with Crippen LogP contribution in [0.25, 0.3) is 0 Å². The predicted octanol–water partition coefficient (Wildman–Crippen LogP) is 2.12. The molecule has 0 aliphatic carbocycles. The number of β-amino-alcohol motifs (C(OH)–C–C–N with tert-alkyl or cyclic N) is 1. The quantitative estimate of drug-likeness (QED) is 0.902. The second kappa shape index (κ2) is 7.35. The van der Waals surface area contributed by atoms with Crippen molar-refractivity contribution in [1.29, 1.82) is 5.26 Å². The second-order valence-corrected chi connectivity index (χ2v) is 6.05. The molecule has 0 amide bonds. The van der Waals surface area contributed by atoms with Gasteiger partial charge in [-0.25, -0.2) is 0 Å². The molecular weight excluding hydrogens is 302 g/mol. The van der Waals surface area contributed by atoms with Crippen molar-refractivity contribution in [1.82, 2.24) is 4.90 Å². The van der Waals surface area contributed by atoms with E-state index in [1.54, 1.807) is 24.3 Å². The monoisotopic (exact) mass is 323 g/mol. The lowest BCUT2D eigenvalue weighted by atomic mass is 10.1. The average Bonchev–Trinajstić information content (AvgIpc) is 2.63. The van der Waals surface area contributed by atoms with Gasteiger partial charge in [-0.1, -0.05) is 12.1 Å². The molecule has 5 heteroatoms. The van der Waals surface area contributed by atoms with E-state index in [-0.39, 0.29) is 5.75 Å². The summed E-state index contributed by atoms with van der Waals surface area (Å²) in [5, 5.41) is 28.6. The van der Waals surface area contributed by atoms with Crippen LogP contribution >= 0.6 is 0 Å². The fourth-order valence-electron chi connectivity index (χ4n) is 2.98. The largest absolute Gasteiger partial charge is 0.508 e. The molecule has 0 saturated carbocycles. The number of nitrogens with zero attached hydrogens (tertiary/aromatic N) is 3. The van der Waals surface area contributed by atoms with E-state index in [9.17, 15) is 10.2 Å². The first-order valence-electron chi connectivity index (χ1n) is 8.10. The Balaban J connectivity index is 1.53. The lowest BCUT2D eigenvalue weighted by Gasteiger charge is -2.37. The number of phenolic OH excluding ortho intramolecular Hbond substituents is 1. The van der Waals surface area contributed by atoms with E-state index in [0.717, 1.165) is 37.4 Å². The first kappa shape index (κ1) is 16.3. The lowest BCUT2D eigenvalue weighted by molar-refractivity contribution is 0.109. The number of aliphatic hydroxyl groups is 1. The van der Waals surface area contributed by atoms with Gasteiger partial charge >= 0.3 is 0 Å². The van der Waals surface area contributed by atoms with Gasteiger partial charge < -0.3 is 15.1 Å². The van der Waals surface area contributed by atoms with Crippen molar-refractivity contribution in [2.45, 2.75) is 6.10 Å². The Morgan fingerprint density at radius 2 is 1.58 bits per heavy atom. The van der Waals surface area contributed by atoms with Gasteiger partial charge in [0.15, 0.2) is 0 Å². The number of phenols is 1. The smallest absolute Gasteiger partial charge is 0.115 e. The number of aliphatic hydroxyl groups excluding tert-OH is 1. The number of hydrogen-bond acceptors (Lipinski definition) is 5. The van der Waals surface area contributed by atoms with Crippen molar-refractivity contribution >= 4 is 5.69 Å². The molecule has 3 rings (SSSR count). The Morgan fingerprint density at radius 3 is 2.17 bits per heavy atom. The van der Waals surface area contributed by atoms with Crippen molar-refractivity contribution in [3.8, 4) is 11.8 Å². The van der Waals surface area contributed by atoms with Gasteiger partial charge in [0.1, 0.15) is 5.75 Å². The highest BCUT2D eigenvalue weighted by molar-refractivity contribution is 5.49. The molecule has 1 unspecified atom stereocenters. The van der Waals surface area contributed by atoms with Crippen LogP contribution in [0.2, 0.25) is 0 Å². The topological polar surface area (TPSA) is 70.7 Å². The average molecular weight is 323 g/mol. The lowest BCUT2D eigenvalue weighted by Crippen LogP contribution is -2.47. The summed E-state index contributed by atoms with van der Waals surface area (Å²) in [6, 6.07) is 16.5. The summed E-state index contributed by atoms with van der Waals surface area (Å²) in [5.41, 5.74) is 2.56. The van der Waals surface area contributed by atoms with Crippen LogP contribution in [-0.4, -0.2) is 47.8 Å². The number of piperazine rings is 1. The number of aromatic hydroxyl groups is 1. The highest BCUT2D eigenvalue weighted by Gasteiger charge is 2.20. The molecule has 5 nitrogen and oxygen atoms in total. The normalized spacial score (nSPS) is 16.6. The van der Waals surface area contributed by atoms with Crippen LogP contribution < -0.4 is 4.90 Å². The Bertz CT molecular complexity index is 699. The maximum Gasteiger partial charge on any atom is 0.115 e. The Kier molecular flexibility index (Phi) is 4.99. The molecule has 0 aromatic heterocycles. The predicted molar refractivity (Wildman–Crippen MR) is 92.9 cm³/mol. The first-order chi connectivity index (χ1) is 11.7. The fraction of sp³-hybridized carbons (Fsp3) is 0.316. The van der Waals surface area contributed by atoms with Crippen molar-refractivity contribution in [2.24, 2.45) is 0 Å². The zero-order valence-electron chi connectivity index (χ0n) is 13.5. The number of anilines is 1. The van der Waals surface area contributed by atoms with Gasteiger partial charge in [0.2, 0.25) is 0 Å². The van der Waals surface area contributed by atoms with Crippen LogP contribution in [-0.2, 0) is 0 Å². The fourth-order valence-corrected chi connectivity index (χ4v) is 2.98. The second-order valence-electron chi connectivity index (χ2n) is 6.05. The van der Waals surface area contributed by atoms with Crippen molar-refractivity contribution in [3.05, 3.63) is 59.7 Å². The standard InChI is InChI=1S/C19H21N3O2/c20-13-15-1-3-16(4-2-15)19(24)14-21-9-11-22(12-10-21)17-5-7-18(23)8-6-17/h1-8,19,23-24H,9-12,14H2. The molecule has 124 valence electrons. The van der Waals surface area contributed by atoms with Crippen LogP contribution in [0.3, 0.4) is 0 Å². The Morgan fingerprint density at radius 1 is 0.958 bits per heavy atom. The molecule has 0 spiro atoms. The minimum absolute atomic E-state index is 0.280. The Labute approximate surface area is 142 Å². The molecule has 2 N–H and O–H groups in total. The maximum absolute atomic E-state index is 10.4. The molecule has 2 aromatic carbocycles. The van der Waals surface area contributed by atoms with Gasteiger partial charge in [-0.3, -0.25) is 4.90 Å². The summed E-state index contributed by atoms with van der Waals surface area (Å²) in [6.45, 7) is 4.15. The third-order valence-corrected chi connectivity index (χ3v) is 4.44. The molecule has 0 radical (unpaired) electrons. The number of benzene rings is 2. The first-order valence-corrected chi connectivity index (χ1v) is 8.10. The number of nitriles is 1. The molecule has 1 fully saturated rings. The molecular formula is C19H21N3O2. The van der Waals surface area contributed by atoms with E-state index in [1.807, 2.05) is 24.3 Å². The molecule has 1 heterocycles. The summed E-state index contributed by atoms with van der Waals surface area (Å²) in [5.74, 6) is 0.280. The molecule has 2 aromatic rings. The molecule has 1 aliphatic rings. The SMILES string of the molecule is N#Cc1ccc(C(O)CN2CCN(c3ccc(O)cc3)CC2)cc1. The van der Waals surface area contributed by atoms with E-state index < -0.39 is 6.10 Å². The van der Waals surface area contributed by atoms with Crippen LogP contribution in [0.4, 0.5) is 5.69 Å². The zero-order valence-corrected chi connectivity index (χ0v) is 13.5. The van der Waals surface area contributed by atoms with Gasteiger partial charge in [0.25, 0.3) is 0 Å². The molecule has 1 aliphatic heterocycles. The summed E-state index contributed by atoms with van der Waals surface area (Å²) < 4.78 is 0.